The standard InChI is InChI=1S/C12H10O3S2/c13-10(1-2-12(14)15)11-5-9(7-17-11)8-3-4-16-6-8/h3-7H,1-2H2,(H,14,15). The van der Waals surface area contributed by atoms with Gasteiger partial charge >= 0.3 is 5.97 Å². The molecule has 0 atom stereocenters. The van der Waals surface area contributed by atoms with Gasteiger partial charge in [-0.05, 0) is 39.4 Å². The molecule has 2 heterocycles. The number of ketones is 1. The highest BCUT2D eigenvalue weighted by atomic mass is 32.1. The summed E-state index contributed by atoms with van der Waals surface area (Å²) in [5, 5.41) is 14.5. The molecule has 5 heteroatoms. The van der Waals surface area contributed by atoms with Crippen LogP contribution in [0.25, 0.3) is 11.1 Å². The van der Waals surface area contributed by atoms with Gasteiger partial charge in [0.1, 0.15) is 0 Å². The molecular formula is C12H10O3S2. The lowest BCUT2D eigenvalue weighted by Crippen LogP contribution is -2.01. The SMILES string of the molecule is O=C(O)CCC(=O)c1cc(-c2ccsc2)cs1. The van der Waals surface area contributed by atoms with E-state index in [1.54, 1.807) is 11.3 Å². The van der Waals surface area contributed by atoms with E-state index in [-0.39, 0.29) is 18.6 Å². The molecule has 0 aliphatic rings. The number of Topliss-reactive ketones (excluding diaryl/α,β-unsaturated/α-hetero) is 1. The molecule has 0 unspecified atom stereocenters. The maximum atomic E-state index is 11.7. The third-order valence-corrected chi connectivity index (χ3v) is 3.95. The fraction of sp³-hybridized carbons (Fsp3) is 0.167. The average molecular weight is 266 g/mol. The van der Waals surface area contributed by atoms with Gasteiger partial charge in [0.15, 0.2) is 5.78 Å². The number of aliphatic carboxylic acids is 1. The van der Waals surface area contributed by atoms with Gasteiger partial charge in [-0.2, -0.15) is 11.3 Å². The molecule has 0 bridgehead atoms. The molecule has 88 valence electrons. The molecule has 0 saturated carbocycles. The summed E-state index contributed by atoms with van der Waals surface area (Å²) < 4.78 is 0. The Balaban J connectivity index is 2.08. The van der Waals surface area contributed by atoms with Crippen LogP contribution in [0, 0.1) is 0 Å². The highest BCUT2D eigenvalue weighted by molar-refractivity contribution is 7.12. The van der Waals surface area contributed by atoms with Gasteiger partial charge in [-0.1, -0.05) is 0 Å². The van der Waals surface area contributed by atoms with E-state index >= 15 is 0 Å². The highest BCUT2D eigenvalue weighted by Crippen LogP contribution is 2.28. The van der Waals surface area contributed by atoms with Crippen molar-refractivity contribution in [1.82, 2.24) is 0 Å². The minimum Gasteiger partial charge on any atom is -0.481 e. The first-order valence-electron chi connectivity index (χ1n) is 5.03. The van der Waals surface area contributed by atoms with Crippen LogP contribution < -0.4 is 0 Å². The fourth-order valence-electron chi connectivity index (χ4n) is 1.41. The second-order valence-corrected chi connectivity index (χ2v) is 5.22. The molecule has 0 amide bonds. The second kappa shape index (κ2) is 5.25. The zero-order valence-electron chi connectivity index (χ0n) is 8.88. The molecule has 0 fully saturated rings. The minimum atomic E-state index is -0.937. The number of carbonyl (C=O) groups is 2. The summed E-state index contributed by atoms with van der Waals surface area (Å²) in [7, 11) is 0. The van der Waals surface area contributed by atoms with Crippen molar-refractivity contribution in [3.8, 4) is 11.1 Å². The normalized spacial score (nSPS) is 10.4. The molecule has 0 spiro atoms. The third kappa shape index (κ3) is 3.01. The van der Waals surface area contributed by atoms with E-state index in [1.807, 2.05) is 28.3 Å². The Labute approximate surface area is 106 Å². The van der Waals surface area contributed by atoms with Gasteiger partial charge in [-0.3, -0.25) is 9.59 Å². The number of thiophene rings is 2. The van der Waals surface area contributed by atoms with Crippen LogP contribution in [0.15, 0.2) is 28.3 Å². The quantitative estimate of drug-likeness (QED) is 0.842. The summed E-state index contributed by atoms with van der Waals surface area (Å²) in [6.07, 6.45) is -0.0383. The molecule has 17 heavy (non-hydrogen) atoms. The Bertz CT molecular complexity index is 526. The van der Waals surface area contributed by atoms with Gasteiger partial charge in [0, 0.05) is 6.42 Å². The van der Waals surface area contributed by atoms with Crippen molar-refractivity contribution in [2.24, 2.45) is 0 Å². The van der Waals surface area contributed by atoms with Crippen molar-refractivity contribution in [3.05, 3.63) is 33.2 Å². The van der Waals surface area contributed by atoms with E-state index in [4.69, 9.17) is 5.11 Å². The predicted octanol–water partition coefficient (Wildman–Crippen LogP) is 3.52. The van der Waals surface area contributed by atoms with Gasteiger partial charge in [0.25, 0.3) is 0 Å². The minimum absolute atomic E-state index is 0.0684. The number of hydrogen-bond acceptors (Lipinski definition) is 4. The number of carbonyl (C=O) groups excluding carboxylic acids is 1. The van der Waals surface area contributed by atoms with Gasteiger partial charge in [-0.25, -0.2) is 0 Å². The van der Waals surface area contributed by atoms with E-state index in [9.17, 15) is 9.59 Å². The van der Waals surface area contributed by atoms with Gasteiger partial charge in [-0.15, -0.1) is 11.3 Å². The number of carboxylic acids is 1. The Kier molecular flexibility index (Phi) is 3.71. The number of rotatable bonds is 5. The lowest BCUT2D eigenvalue weighted by atomic mass is 10.1. The number of carboxylic acid groups (broad SMARTS) is 1. The van der Waals surface area contributed by atoms with Crippen molar-refractivity contribution in [2.75, 3.05) is 0 Å². The molecule has 0 aliphatic heterocycles. The van der Waals surface area contributed by atoms with Crippen molar-refractivity contribution in [1.29, 1.82) is 0 Å². The number of hydrogen-bond donors (Lipinski definition) is 1. The van der Waals surface area contributed by atoms with Crippen LogP contribution in [0.3, 0.4) is 0 Å². The maximum absolute atomic E-state index is 11.7. The molecule has 0 aliphatic carbocycles. The molecule has 0 aromatic carbocycles. The van der Waals surface area contributed by atoms with Crippen molar-refractivity contribution in [2.45, 2.75) is 12.8 Å². The molecule has 2 rings (SSSR count). The Morgan fingerprint density at radius 3 is 2.65 bits per heavy atom. The molecule has 3 nitrogen and oxygen atoms in total. The van der Waals surface area contributed by atoms with E-state index < -0.39 is 5.97 Å². The van der Waals surface area contributed by atoms with Gasteiger partial charge in [0.05, 0.1) is 11.3 Å². The Hall–Kier alpha value is -1.46. The van der Waals surface area contributed by atoms with Crippen LogP contribution in [-0.2, 0) is 4.79 Å². The zero-order valence-corrected chi connectivity index (χ0v) is 10.5. The Morgan fingerprint density at radius 2 is 2.00 bits per heavy atom. The van der Waals surface area contributed by atoms with Gasteiger partial charge in [0.2, 0.25) is 0 Å². The average Bonchev–Trinajstić information content (AvgIpc) is 2.94. The monoisotopic (exact) mass is 266 g/mol. The summed E-state index contributed by atoms with van der Waals surface area (Å²) in [5.74, 6) is -1.04. The molecule has 1 N–H and O–H groups in total. The van der Waals surface area contributed by atoms with Crippen LogP contribution in [-0.4, -0.2) is 16.9 Å². The summed E-state index contributed by atoms with van der Waals surface area (Å²) >= 11 is 2.98. The molecular weight excluding hydrogens is 256 g/mol. The Morgan fingerprint density at radius 1 is 1.18 bits per heavy atom. The van der Waals surface area contributed by atoms with Crippen LogP contribution in [0.1, 0.15) is 22.5 Å². The topological polar surface area (TPSA) is 54.4 Å². The first kappa shape index (κ1) is 12.0. The second-order valence-electron chi connectivity index (χ2n) is 3.53. The fourth-order valence-corrected chi connectivity index (χ4v) is 2.96. The first-order chi connectivity index (χ1) is 8.16. The van der Waals surface area contributed by atoms with Crippen LogP contribution in [0.5, 0.6) is 0 Å². The van der Waals surface area contributed by atoms with Crippen LogP contribution >= 0.6 is 22.7 Å². The van der Waals surface area contributed by atoms with E-state index in [0.717, 1.165) is 11.1 Å². The van der Waals surface area contributed by atoms with Crippen molar-refractivity contribution >= 4 is 34.4 Å². The smallest absolute Gasteiger partial charge is 0.303 e. The first-order valence-corrected chi connectivity index (χ1v) is 6.85. The molecule has 0 radical (unpaired) electrons. The van der Waals surface area contributed by atoms with Crippen LogP contribution in [0.2, 0.25) is 0 Å². The maximum Gasteiger partial charge on any atom is 0.303 e. The summed E-state index contributed by atoms with van der Waals surface area (Å²) in [4.78, 5) is 22.7. The molecule has 0 saturated heterocycles. The lowest BCUT2D eigenvalue weighted by molar-refractivity contribution is -0.136. The predicted molar refractivity (Wildman–Crippen MR) is 68.8 cm³/mol. The molecule has 2 aromatic heterocycles. The van der Waals surface area contributed by atoms with E-state index in [0.29, 0.717) is 4.88 Å². The van der Waals surface area contributed by atoms with Crippen LogP contribution in [0.4, 0.5) is 0 Å². The summed E-state index contributed by atoms with van der Waals surface area (Å²) in [5.41, 5.74) is 2.12. The summed E-state index contributed by atoms with van der Waals surface area (Å²) in [6, 6.07) is 3.83. The highest BCUT2D eigenvalue weighted by Gasteiger charge is 2.11. The largest absolute Gasteiger partial charge is 0.481 e. The summed E-state index contributed by atoms with van der Waals surface area (Å²) in [6.45, 7) is 0. The van der Waals surface area contributed by atoms with E-state index in [2.05, 4.69) is 0 Å². The van der Waals surface area contributed by atoms with E-state index in [1.165, 1.54) is 11.3 Å². The van der Waals surface area contributed by atoms with Gasteiger partial charge < -0.3 is 5.11 Å². The third-order valence-electron chi connectivity index (χ3n) is 2.29. The zero-order chi connectivity index (χ0) is 12.3. The van der Waals surface area contributed by atoms with Crippen molar-refractivity contribution < 1.29 is 14.7 Å². The lowest BCUT2D eigenvalue weighted by Gasteiger charge is -1.93. The van der Waals surface area contributed by atoms with Crippen molar-refractivity contribution in [3.63, 3.8) is 0 Å². The molecule has 2 aromatic rings.